The van der Waals surface area contributed by atoms with Crippen molar-refractivity contribution in [3.8, 4) is 11.1 Å². The van der Waals surface area contributed by atoms with Crippen molar-refractivity contribution in [2.75, 3.05) is 13.2 Å². The van der Waals surface area contributed by atoms with Crippen LogP contribution >= 0.6 is 0 Å². The molecule has 0 aromatic heterocycles. The van der Waals surface area contributed by atoms with Crippen molar-refractivity contribution in [1.29, 1.82) is 0 Å². The van der Waals surface area contributed by atoms with Crippen molar-refractivity contribution in [2.45, 2.75) is 44.1 Å². The molecule has 28 heavy (non-hydrogen) atoms. The number of carbonyl (C=O) groups excluding carboxylic acids is 1. The minimum absolute atomic E-state index is 0.0150. The number of benzene rings is 2. The molecule has 0 saturated carbocycles. The molecule has 1 amide bonds. The van der Waals surface area contributed by atoms with Crippen molar-refractivity contribution >= 4 is 12.1 Å². The monoisotopic (exact) mass is 379 g/mol. The third-order valence-electron chi connectivity index (χ3n) is 5.86. The average molecular weight is 379 g/mol. The second kappa shape index (κ2) is 8.05. The van der Waals surface area contributed by atoms with Crippen molar-refractivity contribution in [3.05, 3.63) is 59.7 Å². The number of nitrogens with zero attached hydrogens (tertiary/aromatic N) is 1. The van der Waals surface area contributed by atoms with Gasteiger partial charge in [0.2, 0.25) is 0 Å². The van der Waals surface area contributed by atoms with Crippen LogP contribution in [0.2, 0.25) is 0 Å². The number of amides is 1. The van der Waals surface area contributed by atoms with Crippen LogP contribution in [0.3, 0.4) is 0 Å². The van der Waals surface area contributed by atoms with Gasteiger partial charge in [0.1, 0.15) is 6.61 Å². The van der Waals surface area contributed by atoms with Crippen LogP contribution in [0.25, 0.3) is 11.1 Å². The number of aliphatic carboxylic acids is 1. The summed E-state index contributed by atoms with van der Waals surface area (Å²) in [7, 11) is 0. The maximum Gasteiger partial charge on any atom is 0.410 e. The van der Waals surface area contributed by atoms with Gasteiger partial charge in [0.15, 0.2) is 0 Å². The van der Waals surface area contributed by atoms with Crippen molar-refractivity contribution in [3.63, 3.8) is 0 Å². The molecule has 5 heteroatoms. The van der Waals surface area contributed by atoms with E-state index in [1.807, 2.05) is 24.3 Å². The average Bonchev–Trinajstić information content (AvgIpc) is 2.83. The van der Waals surface area contributed by atoms with Gasteiger partial charge in [-0.05, 0) is 35.1 Å². The molecule has 0 unspecified atom stereocenters. The van der Waals surface area contributed by atoms with Crippen LogP contribution in [-0.4, -0.2) is 41.3 Å². The molecule has 146 valence electrons. The van der Waals surface area contributed by atoms with E-state index in [4.69, 9.17) is 4.74 Å². The molecular formula is C23H25NO4. The minimum Gasteiger partial charge on any atom is -0.481 e. The van der Waals surface area contributed by atoms with Crippen molar-refractivity contribution in [1.82, 2.24) is 4.90 Å². The molecule has 2 aliphatic rings. The Balaban J connectivity index is 1.50. The molecular weight excluding hydrogens is 354 g/mol. The largest absolute Gasteiger partial charge is 0.481 e. The molecule has 2 aromatic rings. The Morgan fingerprint density at radius 2 is 1.61 bits per heavy atom. The van der Waals surface area contributed by atoms with Crippen LogP contribution in [0, 0.1) is 0 Å². The van der Waals surface area contributed by atoms with Gasteiger partial charge in [-0.25, -0.2) is 4.79 Å². The summed E-state index contributed by atoms with van der Waals surface area (Å²) in [5.74, 6) is -0.857. The first-order chi connectivity index (χ1) is 13.6. The summed E-state index contributed by atoms with van der Waals surface area (Å²) in [6.45, 7) is 0.831. The van der Waals surface area contributed by atoms with Gasteiger partial charge in [-0.2, -0.15) is 0 Å². The van der Waals surface area contributed by atoms with Gasteiger partial charge < -0.3 is 14.7 Å². The molecule has 1 N–H and O–H groups in total. The summed E-state index contributed by atoms with van der Waals surface area (Å²) < 4.78 is 5.74. The predicted molar refractivity (Wildman–Crippen MR) is 106 cm³/mol. The smallest absolute Gasteiger partial charge is 0.410 e. The van der Waals surface area contributed by atoms with Gasteiger partial charge in [-0.1, -0.05) is 61.4 Å². The zero-order valence-corrected chi connectivity index (χ0v) is 15.8. The molecule has 0 spiro atoms. The topological polar surface area (TPSA) is 66.8 Å². The Labute approximate surface area is 164 Å². The van der Waals surface area contributed by atoms with E-state index in [0.717, 1.165) is 25.7 Å². The number of carbonyl (C=O) groups is 2. The lowest BCUT2D eigenvalue weighted by Crippen LogP contribution is -2.42. The van der Waals surface area contributed by atoms with Gasteiger partial charge in [-0.15, -0.1) is 0 Å². The van der Waals surface area contributed by atoms with Gasteiger partial charge in [-0.3, -0.25) is 4.79 Å². The first-order valence-corrected chi connectivity index (χ1v) is 9.98. The van der Waals surface area contributed by atoms with E-state index in [-0.39, 0.29) is 25.0 Å². The summed E-state index contributed by atoms with van der Waals surface area (Å²) in [6, 6.07) is 16.2. The van der Waals surface area contributed by atoms with Crippen LogP contribution in [0.1, 0.15) is 49.1 Å². The van der Waals surface area contributed by atoms with E-state index in [9.17, 15) is 14.7 Å². The van der Waals surface area contributed by atoms with Gasteiger partial charge in [0.05, 0.1) is 6.42 Å². The molecule has 1 heterocycles. The maximum absolute atomic E-state index is 12.8. The second-order valence-electron chi connectivity index (χ2n) is 7.60. The van der Waals surface area contributed by atoms with E-state index < -0.39 is 12.1 Å². The van der Waals surface area contributed by atoms with Crippen LogP contribution in [0.15, 0.2) is 48.5 Å². The standard InChI is InChI=1S/C23H25NO4/c25-22(26)14-16-8-2-1-7-13-24(16)23(27)28-15-21-19-11-5-3-9-17(19)18-10-4-6-12-20(18)21/h3-6,9-12,16,21H,1-2,7-8,13-15H2,(H,25,26)/t16-/m0/s1. The van der Waals surface area contributed by atoms with Gasteiger partial charge in [0, 0.05) is 18.5 Å². The highest BCUT2D eigenvalue weighted by Gasteiger charge is 2.32. The Bertz CT molecular complexity index is 833. The van der Waals surface area contributed by atoms with E-state index in [2.05, 4.69) is 24.3 Å². The van der Waals surface area contributed by atoms with Crippen LogP contribution in [0.5, 0.6) is 0 Å². The molecule has 1 saturated heterocycles. The fraction of sp³-hybridized carbons (Fsp3) is 0.391. The molecule has 1 aliphatic heterocycles. The fourth-order valence-electron chi connectivity index (χ4n) is 4.51. The lowest BCUT2D eigenvalue weighted by atomic mass is 9.98. The number of carboxylic acids is 1. The minimum atomic E-state index is -0.872. The maximum atomic E-state index is 12.8. The summed E-state index contributed by atoms with van der Waals surface area (Å²) in [5.41, 5.74) is 4.74. The van der Waals surface area contributed by atoms with Gasteiger partial charge in [0.25, 0.3) is 0 Å². The normalized spacial score (nSPS) is 18.9. The Morgan fingerprint density at radius 1 is 0.964 bits per heavy atom. The molecule has 1 aliphatic carbocycles. The zero-order chi connectivity index (χ0) is 19.5. The lowest BCUT2D eigenvalue weighted by Gasteiger charge is -2.28. The van der Waals surface area contributed by atoms with E-state index >= 15 is 0 Å². The predicted octanol–water partition coefficient (Wildman–Crippen LogP) is 4.65. The molecule has 0 bridgehead atoms. The van der Waals surface area contributed by atoms with Crippen molar-refractivity contribution in [2.24, 2.45) is 0 Å². The lowest BCUT2D eigenvalue weighted by molar-refractivity contribution is -0.138. The summed E-state index contributed by atoms with van der Waals surface area (Å²) in [4.78, 5) is 25.7. The van der Waals surface area contributed by atoms with E-state index in [0.29, 0.717) is 6.54 Å². The van der Waals surface area contributed by atoms with E-state index in [1.165, 1.54) is 22.3 Å². The number of ether oxygens (including phenoxy) is 1. The Kier molecular flexibility index (Phi) is 5.33. The number of rotatable bonds is 4. The SMILES string of the molecule is O=C(O)C[C@@H]1CCCCCN1C(=O)OCC1c2ccccc2-c2ccccc21. The molecule has 2 aromatic carbocycles. The van der Waals surface area contributed by atoms with Crippen LogP contribution in [0.4, 0.5) is 4.79 Å². The highest BCUT2D eigenvalue weighted by Crippen LogP contribution is 2.44. The third-order valence-corrected chi connectivity index (χ3v) is 5.86. The number of likely N-dealkylation sites (tertiary alicyclic amines) is 1. The fourth-order valence-corrected chi connectivity index (χ4v) is 4.51. The van der Waals surface area contributed by atoms with Gasteiger partial charge >= 0.3 is 12.1 Å². The zero-order valence-electron chi connectivity index (χ0n) is 15.8. The van der Waals surface area contributed by atoms with Crippen LogP contribution in [-0.2, 0) is 9.53 Å². The summed E-state index contributed by atoms with van der Waals surface area (Å²) in [5, 5.41) is 9.20. The quantitative estimate of drug-likeness (QED) is 0.839. The third kappa shape index (κ3) is 3.61. The van der Waals surface area contributed by atoms with Crippen molar-refractivity contribution < 1.29 is 19.4 Å². The molecule has 5 nitrogen and oxygen atoms in total. The Morgan fingerprint density at radius 3 is 2.25 bits per heavy atom. The second-order valence-corrected chi connectivity index (χ2v) is 7.60. The van der Waals surface area contributed by atoms with E-state index in [1.54, 1.807) is 4.90 Å². The number of hydrogen-bond donors (Lipinski definition) is 1. The van der Waals surface area contributed by atoms with Crippen LogP contribution < -0.4 is 0 Å². The summed E-state index contributed by atoms with van der Waals surface area (Å²) >= 11 is 0. The molecule has 1 fully saturated rings. The molecule has 4 rings (SSSR count). The first-order valence-electron chi connectivity index (χ1n) is 9.98. The number of carboxylic acid groups (broad SMARTS) is 1. The Hall–Kier alpha value is -2.82. The first kappa shape index (κ1) is 18.5. The number of fused-ring (bicyclic) bond motifs is 3. The summed E-state index contributed by atoms with van der Waals surface area (Å²) in [6.07, 6.45) is 3.16. The highest BCUT2D eigenvalue weighted by atomic mass is 16.6. The molecule has 1 atom stereocenters. The highest BCUT2D eigenvalue weighted by molar-refractivity contribution is 5.79. The number of hydrogen-bond acceptors (Lipinski definition) is 3. The molecule has 0 radical (unpaired) electrons.